The molecule has 0 atom stereocenters. The van der Waals surface area contributed by atoms with Crippen LogP contribution in [-0.2, 0) is 2.06 Å². The molecule has 0 fully saturated rings. The maximum atomic E-state index is 9.37. The average Bonchev–Trinajstić information content (AvgIpc) is 1.41. The predicted octanol–water partition coefficient (Wildman–Crippen LogP) is -1.13. The Labute approximate surface area is 70.9 Å². The molecule has 6 heavy (non-hydrogen) atoms. The van der Waals surface area contributed by atoms with Crippen molar-refractivity contribution in [3.8, 4) is 0 Å². The van der Waals surface area contributed by atoms with Gasteiger partial charge in [-0.05, 0) is 0 Å². The quantitative estimate of drug-likeness (QED) is 0.636. The van der Waals surface area contributed by atoms with Gasteiger partial charge in [0.2, 0.25) is 0 Å². The van der Waals surface area contributed by atoms with Gasteiger partial charge in [-0.1, -0.05) is 0 Å². The minimum atomic E-state index is -2.02. The van der Waals surface area contributed by atoms with E-state index in [1.165, 1.54) is 0 Å². The fourth-order valence-corrected chi connectivity index (χ4v) is 1.20. The maximum absolute atomic E-state index is 9.37. The van der Waals surface area contributed by atoms with E-state index in [2.05, 4.69) is -1.33 Å². The van der Waals surface area contributed by atoms with Gasteiger partial charge in [0.1, 0.15) is 0 Å². The van der Waals surface area contributed by atoms with Crippen LogP contribution in [0.4, 0.5) is 0 Å². The van der Waals surface area contributed by atoms with Crippen molar-refractivity contribution < 1.29 is 72.5 Å². The van der Waals surface area contributed by atoms with Gasteiger partial charge in [0.15, 0.2) is 0 Å². The zero-order chi connectivity index (χ0) is 4.12. The van der Waals surface area contributed by atoms with Crippen LogP contribution in [0.15, 0.2) is 0 Å². The van der Waals surface area contributed by atoms with Crippen molar-refractivity contribution in [2.75, 3.05) is 0 Å². The molecule has 0 aromatic rings. The summed E-state index contributed by atoms with van der Waals surface area (Å²) in [7, 11) is 0. The minimum absolute atomic E-state index is 0. The molecule has 0 radical (unpaired) electrons. The summed E-state index contributed by atoms with van der Waals surface area (Å²) in [6.07, 6.45) is 0. The molecule has 0 bridgehead atoms. The number of hydrogen-bond acceptors (Lipinski definition) is 3. The van der Waals surface area contributed by atoms with E-state index >= 15 is 0 Å². The topological polar surface area (TPSA) is 74.9 Å². The summed E-state index contributed by atoms with van der Waals surface area (Å²) >= 11 is -4.04. The van der Waals surface area contributed by atoms with Crippen molar-refractivity contribution in [3.05, 3.63) is 0 Å². The van der Waals surface area contributed by atoms with Crippen LogP contribution in [0.25, 0.3) is 0 Å². The standard InChI is InChI=1S/2La.H2O.3O/h;;1H2;;;. The van der Waals surface area contributed by atoms with Gasteiger partial charge < -0.3 is 5.48 Å². The molecule has 6 heteroatoms. The van der Waals surface area contributed by atoms with Crippen molar-refractivity contribution in [1.29, 1.82) is 0 Å². The summed E-state index contributed by atoms with van der Waals surface area (Å²) in [4.78, 5) is 0. The molecule has 2 N–H and O–H groups in total. The Hall–Kier alpha value is 1.91. The van der Waals surface area contributed by atoms with E-state index in [-0.39, 0.29) is 5.48 Å². The zero-order valence-electron chi connectivity index (χ0n) is 2.88. The second kappa shape index (κ2) is 10.0. The molecule has 0 amide bonds. The van der Waals surface area contributed by atoms with E-state index in [1.807, 2.05) is 0 Å². The van der Waals surface area contributed by atoms with Crippen LogP contribution in [-0.4, -0.2) is 5.48 Å². The van der Waals surface area contributed by atoms with Crippen LogP contribution in [0.5, 0.6) is 0 Å². The van der Waals surface area contributed by atoms with E-state index in [0.717, 1.165) is 0 Å². The molecule has 0 spiro atoms. The summed E-state index contributed by atoms with van der Waals surface area (Å²) in [6.45, 7) is 0. The van der Waals surface area contributed by atoms with Gasteiger partial charge in [0.05, 0.1) is 0 Å². The Morgan fingerprint density at radius 2 is 1.50 bits per heavy atom. The van der Waals surface area contributed by atoms with Crippen LogP contribution in [0.3, 0.4) is 0 Å². The van der Waals surface area contributed by atoms with E-state index in [4.69, 9.17) is 0 Å². The Balaban J connectivity index is 0. The fourth-order valence-electron chi connectivity index (χ4n) is 0.0227. The van der Waals surface area contributed by atoms with Crippen molar-refractivity contribution in [1.82, 2.24) is 0 Å². The molecule has 4 nitrogen and oxygen atoms in total. The summed E-state index contributed by atoms with van der Waals surface area (Å²) < 4.78 is 22.9. The first-order valence-electron chi connectivity index (χ1n) is 0.943. The molecule has 0 rings (SSSR count). The molecule has 0 aromatic carbocycles. The number of hydrogen-bond donors (Lipinski definition) is 0. The van der Waals surface area contributed by atoms with Crippen molar-refractivity contribution in [2.24, 2.45) is 0 Å². The molecule has 0 aromatic heterocycles. The summed E-state index contributed by atoms with van der Waals surface area (Å²) in [5.41, 5.74) is 0. The fraction of sp³-hybridized carbons (Fsp3) is 0. The molecule has 0 saturated carbocycles. The molecule has 0 aliphatic rings. The first kappa shape index (κ1) is 10.8. The monoisotopic (exact) mass is 344 g/mol. The SMILES string of the molecule is O.[O]=[La][O][La]=[O]. The van der Waals surface area contributed by atoms with Crippen molar-refractivity contribution in [3.63, 3.8) is 0 Å². The molecular formula is H2La2O4. The van der Waals surface area contributed by atoms with Gasteiger partial charge in [0, 0.05) is 0 Å². The third-order valence-electron chi connectivity index (χ3n) is 0.111. The van der Waals surface area contributed by atoms with Crippen molar-refractivity contribution >= 4 is 0 Å². The van der Waals surface area contributed by atoms with Crippen LogP contribution in [0.1, 0.15) is 0 Å². The Morgan fingerprint density at radius 3 is 1.50 bits per heavy atom. The van der Waals surface area contributed by atoms with E-state index in [0.29, 0.717) is 0 Å². The molecular weight excluding hydrogens is 342 g/mol. The molecule has 0 heterocycles. The second-order valence-corrected chi connectivity index (χ2v) is 8.61. The summed E-state index contributed by atoms with van der Waals surface area (Å²) in [6, 6.07) is 0. The first-order chi connectivity index (χ1) is 2.41. The molecule has 0 saturated heterocycles. The summed E-state index contributed by atoms with van der Waals surface area (Å²) in [5, 5.41) is 0. The Morgan fingerprint density at radius 1 is 1.17 bits per heavy atom. The normalized spacial score (nSPS) is 4.00. The van der Waals surface area contributed by atoms with Crippen LogP contribution >= 0.6 is 0 Å². The van der Waals surface area contributed by atoms with Gasteiger partial charge in [-0.2, -0.15) is 0 Å². The Kier molecular flexibility index (Phi) is 18.0. The molecule has 0 unspecified atom stereocenters. The van der Waals surface area contributed by atoms with Gasteiger partial charge >= 0.3 is 67.0 Å². The second-order valence-electron chi connectivity index (χ2n) is 0.329. The van der Waals surface area contributed by atoms with Gasteiger partial charge in [0.25, 0.3) is 0 Å². The molecule has 0 aliphatic heterocycles. The summed E-state index contributed by atoms with van der Waals surface area (Å²) in [5.74, 6) is 0. The molecule has 32 valence electrons. The third-order valence-corrected chi connectivity index (χ3v) is 5.89. The zero-order valence-corrected chi connectivity index (χ0v) is 10.1. The van der Waals surface area contributed by atoms with E-state index < -0.39 is 65.0 Å². The van der Waals surface area contributed by atoms with E-state index in [1.54, 1.807) is 0 Å². The van der Waals surface area contributed by atoms with Gasteiger partial charge in [-0.15, -0.1) is 0 Å². The van der Waals surface area contributed by atoms with Crippen molar-refractivity contribution in [2.45, 2.75) is 0 Å². The van der Waals surface area contributed by atoms with Crippen LogP contribution < -0.4 is 0 Å². The van der Waals surface area contributed by atoms with Crippen LogP contribution in [0.2, 0.25) is 0 Å². The number of rotatable bonds is 2. The first-order valence-corrected chi connectivity index (χ1v) is 6.86. The van der Waals surface area contributed by atoms with E-state index in [9.17, 15) is 3.39 Å². The average molecular weight is 344 g/mol. The third kappa shape index (κ3) is 9.32. The van der Waals surface area contributed by atoms with Crippen LogP contribution in [0, 0.1) is 65.0 Å². The van der Waals surface area contributed by atoms with Gasteiger partial charge in [-0.25, -0.2) is 0 Å². The van der Waals surface area contributed by atoms with Gasteiger partial charge in [-0.3, -0.25) is 0 Å². The predicted molar refractivity (Wildman–Crippen MR) is 6.07 cm³/mol. The molecule has 0 aliphatic carbocycles. The Bertz CT molecular complexity index is 34.8.